The van der Waals surface area contributed by atoms with Gasteiger partial charge in [-0.05, 0) is 17.2 Å². The van der Waals surface area contributed by atoms with Crippen LogP contribution in [-0.4, -0.2) is 5.91 Å². The highest BCUT2D eigenvalue weighted by Gasteiger charge is 2.06. The normalized spacial score (nSPS) is 11.3. The standard InChI is InChI=1S/C16H15NOS/c17-16(18)15(11-13-7-3-1-4-8-13)19-12-14-9-5-2-6-10-14/h1-11H,12H2,(H2,17,18)/b15-11+. The third kappa shape index (κ3) is 4.30. The van der Waals surface area contributed by atoms with Gasteiger partial charge in [0.1, 0.15) is 0 Å². The van der Waals surface area contributed by atoms with Gasteiger partial charge in [0.2, 0.25) is 0 Å². The molecule has 0 radical (unpaired) electrons. The van der Waals surface area contributed by atoms with Crippen molar-refractivity contribution >= 4 is 23.7 Å². The van der Waals surface area contributed by atoms with Crippen LogP contribution >= 0.6 is 11.8 Å². The molecule has 0 saturated heterocycles. The fourth-order valence-electron chi connectivity index (χ4n) is 1.62. The minimum Gasteiger partial charge on any atom is -0.365 e. The van der Waals surface area contributed by atoms with Crippen molar-refractivity contribution in [1.29, 1.82) is 0 Å². The zero-order valence-electron chi connectivity index (χ0n) is 10.5. The van der Waals surface area contributed by atoms with Gasteiger partial charge >= 0.3 is 0 Å². The number of nitrogens with two attached hydrogens (primary N) is 1. The monoisotopic (exact) mass is 269 g/mol. The van der Waals surface area contributed by atoms with Crippen LogP contribution in [0.25, 0.3) is 6.08 Å². The fourth-order valence-corrected chi connectivity index (χ4v) is 2.50. The number of primary amides is 1. The average Bonchev–Trinajstić information content (AvgIpc) is 2.45. The lowest BCUT2D eigenvalue weighted by molar-refractivity contribution is -0.113. The van der Waals surface area contributed by atoms with Crippen LogP contribution in [0.2, 0.25) is 0 Å². The topological polar surface area (TPSA) is 43.1 Å². The van der Waals surface area contributed by atoms with Crippen LogP contribution in [0.5, 0.6) is 0 Å². The molecular weight excluding hydrogens is 254 g/mol. The van der Waals surface area contributed by atoms with Gasteiger partial charge in [-0.1, -0.05) is 60.7 Å². The first kappa shape index (κ1) is 13.4. The van der Waals surface area contributed by atoms with Gasteiger partial charge in [-0.2, -0.15) is 0 Å². The van der Waals surface area contributed by atoms with E-state index in [0.717, 1.165) is 11.3 Å². The number of benzene rings is 2. The Hall–Kier alpha value is -2.00. The predicted octanol–water partition coefficient (Wildman–Crippen LogP) is 3.45. The molecule has 0 aliphatic rings. The Morgan fingerprint density at radius 2 is 1.58 bits per heavy atom. The van der Waals surface area contributed by atoms with Crippen molar-refractivity contribution in [1.82, 2.24) is 0 Å². The lowest BCUT2D eigenvalue weighted by atomic mass is 10.2. The summed E-state index contributed by atoms with van der Waals surface area (Å²) in [5.41, 5.74) is 7.58. The first-order valence-electron chi connectivity index (χ1n) is 5.99. The molecule has 0 aromatic heterocycles. The first-order chi connectivity index (χ1) is 9.25. The molecule has 2 aromatic carbocycles. The highest BCUT2D eigenvalue weighted by atomic mass is 32.2. The highest BCUT2D eigenvalue weighted by Crippen LogP contribution is 2.23. The van der Waals surface area contributed by atoms with E-state index < -0.39 is 0 Å². The second-order valence-corrected chi connectivity index (χ2v) is 5.07. The third-order valence-electron chi connectivity index (χ3n) is 2.58. The Morgan fingerprint density at radius 1 is 1.00 bits per heavy atom. The van der Waals surface area contributed by atoms with E-state index in [4.69, 9.17) is 5.73 Å². The summed E-state index contributed by atoms with van der Waals surface area (Å²) in [6.45, 7) is 0. The molecule has 2 rings (SSSR count). The van der Waals surface area contributed by atoms with Gasteiger partial charge in [0.05, 0.1) is 4.91 Å². The van der Waals surface area contributed by atoms with E-state index in [1.54, 1.807) is 0 Å². The molecule has 0 saturated carbocycles. The molecule has 0 spiro atoms. The Balaban J connectivity index is 2.09. The lowest BCUT2D eigenvalue weighted by Gasteiger charge is -2.04. The van der Waals surface area contributed by atoms with Gasteiger partial charge in [-0.3, -0.25) is 4.79 Å². The second-order valence-electron chi connectivity index (χ2n) is 4.06. The Labute approximate surface area is 117 Å². The molecule has 19 heavy (non-hydrogen) atoms. The summed E-state index contributed by atoms with van der Waals surface area (Å²) in [6, 6.07) is 19.7. The molecule has 0 atom stereocenters. The zero-order chi connectivity index (χ0) is 13.5. The lowest BCUT2D eigenvalue weighted by Crippen LogP contribution is -2.11. The quantitative estimate of drug-likeness (QED) is 0.845. The third-order valence-corrected chi connectivity index (χ3v) is 3.69. The summed E-state index contributed by atoms with van der Waals surface area (Å²) in [5.74, 6) is 0.354. The predicted molar refractivity (Wildman–Crippen MR) is 81.4 cm³/mol. The van der Waals surface area contributed by atoms with E-state index in [-0.39, 0.29) is 5.91 Å². The van der Waals surface area contributed by atoms with Gasteiger partial charge in [0.25, 0.3) is 5.91 Å². The SMILES string of the molecule is NC(=O)/C(=C\c1ccccc1)SCc1ccccc1. The van der Waals surface area contributed by atoms with Crippen LogP contribution in [0, 0.1) is 0 Å². The van der Waals surface area contributed by atoms with Crippen molar-refractivity contribution in [3.63, 3.8) is 0 Å². The number of rotatable bonds is 5. The molecule has 2 N–H and O–H groups in total. The van der Waals surface area contributed by atoms with Crippen molar-refractivity contribution in [2.45, 2.75) is 5.75 Å². The van der Waals surface area contributed by atoms with Gasteiger partial charge in [-0.25, -0.2) is 0 Å². The van der Waals surface area contributed by atoms with E-state index in [9.17, 15) is 4.79 Å². The number of hydrogen-bond donors (Lipinski definition) is 1. The van der Waals surface area contributed by atoms with Crippen molar-refractivity contribution in [2.75, 3.05) is 0 Å². The second kappa shape index (κ2) is 6.81. The number of thioether (sulfide) groups is 1. The Morgan fingerprint density at radius 3 is 2.16 bits per heavy atom. The summed E-state index contributed by atoms with van der Waals surface area (Å²) < 4.78 is 0. The molecule has 2 aromatic rings. The molecule has 0 heterocycles. The van der Waals surface area contributed by atoms with Gasteiger partial charge in [-0.15, -0.1) is 11.8 Å². The number of carbonyl (C=O) groups is 1. The summed E-state index contributed by atoms with van der Waals surface area (Å²) >= 11 is 1.46. The Kier molecular flexibility index (Phi) is 4.81. The van der Waals surface area contributed by atoms with Crippen LogP contribution in [0.3, 0.4) is 0 Å². The van der Waals surface area contributed by atoms with Crippen molar-refractivity contribution in [2.24, 2.45) is 5.73 Å². The smallest absolute Gasteiger partial charge is 0.255 e. The van der Waals surface area contributed by atoms with Crippen LogP contribution in [-0.2, 0) is 10.5 Å². The van der Waals surface area contributed by atoms with Crippen LogP contribution in [0.4, 0.5) is 0 Å². The molecule has 0 aliphatic heterocycles. The van der Waals surface area contributed by atoms with Crippen molar-refractivity contribution < 1.29 is 4.79 Å². The Bertz CT molecular complexity index is 564. The van der Waals surface area contributed by atoms with Crippen LogP contribution in [0.1, 0.15) is 11.1 Å². The minimum absolute atomic E-state index is 0.384. The zero-order valence-corrected chi connectivity index (χ0v) is 11.3. The van der Waals surface area contributed by atoms with Crippen molar-refractivity contribution in [3.05, 3.63) is 76.7 Å². The maximum Gasteiger partial charge on any atom is 0.255 e. The van der Waals surface area contributed by atoms with E-state index in [1.165, 1.54) is 17.3 Å². The molecular formula is C16H15NOS. The largest absolute Gasteiger partial charge is 0.365 e. The molecule has 0 fully saturated rings. The summed E-state index contributed by atoms with van der Waals surface area (Å²) in [5, 5.41) is 0. The number of carbonyl (C=O) groups excluding carboxylic acids is 1. The summed E-state index contributed by atoms with van der Waals surface area (Å²) in [6.07, 6.45) is 1.83. The molecule has 0 unspecified atom stereocenters. The highest BCUT2D eigenvalue weighted by molar-refractivity contribution is 8.03. The molecule has 96 valence electrons. The number of amides is 1. The maximum atomic E-state index is 11.5. The van der Waals surface area contributed by atoms with E-state index in [1.807, 2.05) is 66.7 Å². The van der Waals surface area contributed by atoms with E-state index >= 15 is 0 Å². The van der Waals surface area contributed by atoms with E-state index in [2.05, 4.69) is 0 Å². The summed E-state index contributed by atoms with van der Waals surface area (Å²) in [7, 11) is 0. The van der Waals surface area contributed by atoms with Gasteiger partial charge in [0.15, 0.2) is 0 Å². The molecule has 3 heteroatoms. The molecule has 1 amide bonds. The molecule has 0 bridgehead atoms. The fraction of sp³-hybridized carbons (Fsp3) is 0.0625. The van der Waals surface area contributed by atoms with Gasteiger partial charge < -0.3 is 5.73 Å². The first-order valence-corrected chi connectivity index (χ1v) is 6.97. The minimum atomic E-state index is -0.384. The van der Waals surface area contributed by atoms with Gasteiger partial charge in [0, 0.05) is 5.75 Å². The van der Waals surface area contributed by atoms with Crippen LogP contribution < -0.4 is 5.73 Å². The molecule has 2 nitrogen and oxygen atoms in total. The maximum absolute atomic E-state index is 11.5. The molecule has 0 aliphatic carbocycles. The average molecular weight is 269 g/mol. The summed E-state index contributed by atoms with van der Waals surface area (Å²) in [4.78, 5) is 12.0. The van der Waals surface area contributed by atoms with Crippen LogP contribution in [0.15, 0.2) is 65.6 Å². The van der Waals surface area contributed by atoms with Crippen molar-refractivity contribution in [3.8, 4) is 0 Å². The number of hydrogen-bond acceptors (Lipinski definition) is 2. The van der Waals surface area contributed by atoms with E-state index in [0.29, 0.717) is 4.91 Å².